The zero-order valence-corrected chi connectivity index (χ0v) is 16.2. The van der Waals surface area contributed by atoms with Crippen molar-refractivity contribution in [3.8, 4) is 0 Å². The molecule has 2 rings (SSSR count). The first-order chi connectivity index (χ1) is 11.2. The van der Waals surface area contributed by atoms with Gasteiger partial charge in [0.05, 0.1) is 4.90 Å². The van der Waals surface area contributed by atoms with Crippen LogP contribution >= 0.6 is 0 Å². The van der Waals surface area contributed by atoms with Crippen molar-refractivity contribution in [2.75, 3.05) is 4.72 Å². The van der Waals surface area contributed by atoms with Crippen molar-refractivity contribution in [2.45, 2.75) is 58.8 Å². The number of nitrogens with one attached hydrogen (secondary N) is 1. The summed E-state index contributed by atoms with van der Waals surface area (Å²) in [5, 5.41) is 0. The number of anilines is 1. The number of hydrogen-bond donors (Lipinski definition) is 1. The van der Waals surface area contributed by atoms with E-state index in [1.807, 2.05) is 58.0 Å². The molecular formula is C20H27NO2S. The molecule has 0 saturated heterocycles. The van der Waals surface area contributed by atoms with Gasteiger partial charge in [-0.1, -0.05) is 32.0 Å². The predicted molar refractivity (Wildman–Crippen MR) is 101 cm³/mol. The Hall–Kier alpha value is -1.81. The lowest BCUT2D eigenvalue weighted by Gasteiger charge is -2.17. The highest BCUT2D eigenvalue weighted by molar-refractivity contribution is 7.92. The molecule has 0 spiro atoms. The van der Waals surface area contributed by atoms with Gasteiger partial charge in [-0.2, -0.15) is 0 Å². The lowest BCUT2D eigenvalue weighted by atomic mass is 9.99. The van der Waals surface area contributed by atoms with Gasteiger partial charge in [0.2, 0.25) is 0 Å². The highest BCUT2D eigenvalue weighted by Crippen LogP contribution is 2.28. The molecule has 1 atom stereocenters. The monoisotopic (exact) mass is 345 g/mol. The average Bonchev–Trinajstić information content (AvgIpc) is 2.52. The molecule has 0 bridgehead atoms. The van der Waals surface area contributed by atoms with Gasteiger partial charge in [0.15, 0.2) is 0 Å². The third-order valence-corrected chi connectivity index (χ3v) is 6.56. The van der Waals surface area contributed by atoms with E-state index in [0.29, 0.717) is 16.5 Å². The normalized spacial score (nSPS) is 12.9. The zero-order valence-electron chi connectivity index (χ0n) is 15.4. The van der Waals surface area contributed by atoms with Gasteiger partial charge in [0.25, 0.3) is 10.0 Å². The molecule has 3 nitrogen and oxygen atoms in total. The van der Waals surface area contributed by atoms with Gasteiger partial charge < -0.3 is 0 Å². The van der Waals surface area contributed by atoms with E-state index in [-0.39, 0.29) is 0 Å². The lowest BCUT2D eigenvalue weighted by Crippen LogP contribution is -2.17. The fourth-order valence-electron chi connectivity index (χ4n) is 2.91. The number of hydrogen-bond acceptors (Lipinski definition) is 2. The molecule has 0 aliphatic heterocycles. The van der Waals surface area contributed by atoms with Crippen molar-refractivity contribution in [3.63, 3.8) is 0 Å². The molecule has 0 radical (unpaired) electrons. The Morgan fingerprint density at radius 1 is 0.958 bits per heavy atom. The summed E-state index contributed by atoms with van der Waals surface area (Å²) in [6, 6.07) is 9.70. The number of benzene rings is 2. The third kappa shape index (κ3) is 3.64. The first kappa shape index (κ1) is 18.5. The Kier molecular flexibility index (Phi) is 5.38. The van der Waals surface area contributed by atoms with E-state index in [1.165, 1.54) is 5.56 Å². The topological polar surface area (TPSA) is 46.2 Å². The number of aryl methyl sites for hydroxylation is 2. The summed E-state index contributed by atoms with van der Waals surface area (Å²) in [5.41, 5.74) is 5.42. The summed E-state index contributed by atoms with van der Waals surface area (Å²) in [5.74, 6) is 0.472. The van der Waals surface area contributed by atoms with Gasteiger partial charge in [-0.15, -0.1) is 0 Å². The number of rotatable bonds is 5. The van der Waals surface area contributed by atoms with Crippen molar-refractivity contribution < 1.29 is 8.42 Å². The van der Waals surface area contributed by atoms with Crippen molar-refractivity contribution in [1.82, 2.24) is 0 Å². The lowest BCUT2D eigenvalue weighted by molar-refractivity contribution is 0.599. The maximum absolute atomic E-state index is 12.9. The third-order valence-electron chi connectivity index (χ3n) is 4.91. The van der Waals surface area contributed by atoms with Gasteiger partial charge >= 0.3 is 0 Å². The fourth-order valence-corrected chi connectivity index (χ4v) is 4.58. The summed E-state index contributed by atoms with van der Waals surface area (Å²) in [6.45, 7) is 11.9. The molecule has 2 aromatic rings. The van der Waals surface area contributed by atoms with Crippen LogP contribution < -0.4 is 4.72 Å². The minimum absolute atomic E-state index is 0.394. The largest absolute Gasteiger partial charge is 0.280 e. The van der Waals surface area contributed by atoms with Crippen molar-refractivity contribution in [2.24, 2.45) is 0 Å². The van der Waals surface area contributed by atoms with Crippen molar-refractivity contribution >= 4 is 15.7 Å². The first-order valence-corrected chi connectivity index (χ1v) is 9.85. The van der Waals surface area contributed by atoms with Crippen molar-refractivity contribution in [1.29, 1.82) is 0 Å². The van der Waals surface area contributed by atoms with Crippen LogP contribution in [0.3, 0.4) is 0 Å². The predicted octanol–water partition coefficient (Wildman–Crippen LogP) is 5.23. The van der Waals surface area contributed by atoms with Crippen LogP contribution in [-0.4, -0.2) is 8.42 Å². The maximum Gasteiger partial charge on any atom is 0.262 e. The molecule has 0 aliphatic carbocycles. The highest BCUT2D eigenvalue weighted by Gasteiger charge is 2.22. The molecular weight excluding hydrogens is 318 g/mol. The van der Waals surface area contributed by atoms with Crippen LogP contribution in [0.1, 0.15) is 54.0 Å². The first-order valence-electron chi connectivity index (χ1n) is 8.37. The second kappa shape index (κ2) is 6.98. The van der Waals surface area contributed by atoms with Gasteiger partial charge in [0.1, 0.15) is 0 Å². The van der Waals surface area contributed by atoms with Gasteiger partial charge in [-0.05, 0) is 80.0 Å². The molecule has 130 valence electrons. The molecule has 24 heavy (non-hydrogen) atoms. The van der Waals surface area contributed by atoms with E-state index in [2.05, 4.69) is 18.6 Å². The summed E-state index contributed by atoms with van der Waals surface area (Å²) >= 11 is 0. The second-order valence-electron chi connectivity index (χ2n) is 6.63. The summed E-state index contributed by atoms with van der Waals surface area (Å²) in [6.07, 6.45) is 1.06. The Morgan fingerprint density at radius 3 is 1.92 bits per heavy atom. The molecule has 0 saturated carbocycles. The maximum atomic E-state index is 12.9. The highest BCUT2D eigenvalue weighted by atomic mass is 32.2. The molecule has 1 unspecified atom stereocenters. The van der Waals surface area contributed by atoms with Crippen LogP contribution in [0.25, 0.3) is 0 Å². The van der Waals surface area contributed by atoms with Crippen LogP contribution in [-0.2, 0) is 10.0 Å². The van der Waals surface area contributed by atoms with E-state index in [0.717, 1.165) is 28.7 Å². The molecule has 0 fully saturated rings. The standard InChI is InChI=1S/C20H27NO2S/c1-7-13(2)18-8-10-19(11-9-18)21-24(22,23)20-16(5)14(3)12-15(4)17(20)6/h8-13,21H,7H2,1-6H3. The van der Waals surface area contributed by atoms with E-state index >= 15 is 0 Å². The van der Waals surface area contributed by atoms with Crippen LogP contribution in [0, 0.1) is 27.7 Å². The summed E-state index contributed by atoms with van der Waals surface area (Å²) in [4.78, 5) is 0.394. The molecule has 4 heteroatoms. The van der Waals surface area contributed by atoms with E-state index in [4.69, 9.17) is 0 Å². The Balaban J connectivity index is 2.39. The van der Waals surface area contributed by atoms with E-state index in [9.17, 15) is 8.42 Å². The quantitative estimate of drug-likeness (QED) is 0.806. The summed E-state index contributed by atoms with van der Waals surface area (Å²) in [7, 11) is -3.61. The smallest absolute Gasteiger partial charge is 0.262 e. The van der Waals surface area contributed by atoms with Crippen LogP contribution in [0.5, 0.6) is 0 Å². The minimum Gasteiger partial charge on any atom is -0.280 e. The van der Waals surface area contributed by atoms with Crippen LogP contribution in [0.2, 0.25) is 0 Å². The SMILES string of the molecule is CCC(C)c1ccc(NS(=O)(=O)c2c(C)c(C)cc(C)c2C)cc1. The van der Waals surface area contributed by atoms with Gasteiger partial charge in [-0.25, -0.2) is 8.42 Å². The molecule has 0 aliphatic rings. The van der Waals surface area contributed by atoms with Crippen LogP contribution in [0.4, 0.5) is 5.69 Å². The minimum atomic E-state index is -3.61. The van der Waals surface area contributed by atoms with Gasteiger partial charge in [-0.3, -0.25) is 4.72 Å². The van der Waals surface area contributed by atoms with Crippen molar-refractivity contribution in [3.05, 3.63) is 58.1 Å². The number of sulfonamides is 1. The zero-order chi connectivity index (χ0) is 18.1. The van der Waals surface area contributed by atoms with E-state index < -0.39 is 10.0 Å². The fraction of sp³-hybridized carbons (Fsp3) is 0.400. The molecule has 0 amide bonds. The second-order valence-corrected chi connectivity index (χ2v) is 8.25. The molecule has 0 heterocycles. The van der Waals surface area contributed by atoms with E-state index in [1.54, 1.807) is 0 Å². The summed E-state index contributed by atoms with van der Waals surface area (Å²) < 4.78 is 28.6. The van der Waals surface area contributed by atoms with Gasteiger partial charge in [0, 0.05) is 5.69 Å². The Morgan fingerprint density at radius 2 is 1.46 bits per heavy atom. The molecule has 2 aromatic carbocycles. The Labute approximate surface area is 146 Å². The molecule has 0 aromatic heterocycles. The van der Waals surface area contributed by atoms with Crippen LogP contribution in [0.15, 0.2) is 35.2 Å². The average molecular weight is 346 g/mol. The molecule has 1 N–H and O–H groups in total. The Bertz CT molecular complexity index is 811.